The maximum absolute atomic E-state index is 5.15. The molecule has 0 unspecified atom stereocenters. The van der Waals surface area contributed by atoms with Crippen LogP contribution >= 0.6 is 0 Å². The van der Waals surface area contributed by atoms with E-state index in [1.54, 1.807) is 0 Å². The molecular weight excluding hydrogens is 763 g/mol. The molecule has 3 aromatic heterocycles. The third-order valence-electron chi connectivity index (χ3n) is 11.2. The van der Waals surface area contributed by atoms with Crippen LogP contribution in [-0.4, -0.2) is 14.1 Å². The van der Waals surface area contributed by atoms with E-state index in [0.717, 1.165) is 67.0 Å². The Morgan fingerprint density at radius 3 is 1.43 bits per heavy atom. The van der Waals surface area contributed by atoms with Crippen LogP contribution in [0.1, 0.15) is 18.2 Å². The lowest BCUT2D eigenvalue weighted by molar-refractivity contribution is 1.10. The Balaban J connectivity index is 1.13. The van der Waals surface area contributed by atoms with E-state index in [2.05, 4.69) is 198 Å². The molecule has 63 heavy (non-hydrogen) atoms. The average Bonchev–Trinajstić information content (AvgIpc) is 3.84. The van der Waals surface area contributed by atoms with Crippen molar-refractivity contribution < 1.29 is 0 Å². The maximum atomic E-state index is 5.15. The summed E-state index contributed by atoms with van der Waals surface area (Å²) in [4.78, 5) is 5.15. The Kier molecular flexibility index (Phi) is 12.1. The van der Waals surface area contributed by atoms with E-state index in [0.29, 0.717) is 0 Å². The van der Waals surface area contributed by atoms with E-state index in [4.69, 9.17) is 4.98 Å². The van der Waals surface area contributed by atoms with Crippen molar-refractivity contribution in [1.82, 2.24) is 14.1 Å². The molecular formula is C60H47N3. The molecule has 9 aromatic rings. The third-order valence-corrected chi connectivity index (χ3v) is 11.2. The normalized spacial score (nSPS) is 10.9. The van der Waals surface area contributed by atoms with Gasteiger partial charge in [0.05, 0.1) is 27.9 Å². The van der Waals surface area contributed by atoms with Gasteiger partial charge in [0.2, 0.25) is 0 Å². The zero-order valence-corrected chi connectivity index (χ0v) is 35.3. The lowest BCUT2D eigenvalue weighted by Crippen LogP contribution is -1.96. The fourth-order valence-electron chi connectivity index (χ4n) is 8.35. The lowest BCUT2D eigenvalue weighted by atomic mass is 9.97. The molecule has 3 heteroatoms. The highest BCUT2D eigenvalue weighted by Gasteiger charge is 2.15. The fraction of sp³-hybridized carbons (Fsp3) is 0.0167. The summed E-state index contributed by atoms with van der Waals surface area (Å²) >= 11 is 0. The highest BCUT2D eigenvalue weighted by molar-refractivity contribution is 6.09. The van der Waals surface area contributed by atoms with Crippen LogP contribution in [0.25, 0.3) is 89.7 Å². The van der Waals surface area contributed by atoms with Gasteiger partial charge in [0.25, 0.3) is 0 Å². The van der Waals surface area contributed by atoms with Gasteiger partial charge in [0.15, 0.2) is 0 Å². The van der Waals surface area contributed by atoms with E-state index in [9.17, 15) is 0 Å². The van der Waals surface area contributed by atoms with Gasteiger partial charge in [0.1, 0.15) is 0 Å². The number of allylic oxidation sites excluding steroid dienone is 1. The summed E-state index contributed by atoms with van der Waals surface area (Å²) in [6, 6.07) is 80.7. The first-order chi connectivity index (χ1) is 31.2. The van der Waals surface area contributed by atoms with Gasteiger partial charge < -0.3 is 9.13 Å². The van der Waals surface area contributed by atoms with Gasteiger partial charge in [-0.3, -0.25) is 4.98 Å². The summed E-state index contributed by atoms with van der Waals surface area (Å²) in [5.74, 6) is 0. The van der Waals surface area contributed by atoms with Crippen molar-refractivity contribution in [2.75, 3.05) is 0 Å². The second kappa shape index (κ2) is 19.0. The predicted molar refractivity (Wildman–Crippen MR) is 269 cm³/mol. The molecule has 3 heterocycles. The number of hydrogen-bond donors (Lipinski definition) is 0. The number of para-hydroxylation sites is 3. The molecule has 0 fully saturated rings. The molecule has 0 saturated carbocycles. The molecule has 0 aliphatic heterocycles. The summed E-state index contributed by atoms with van der Waals surface area (Å²) < 4.78 is 4.65. The van der Waals surface area contributed by atoms with E-state index in [-0.39, 0.29) is 0 Å². The Hall–Kier alpha value is -8.27. The molecule has 0 saturated heterocycles. The highest BCUT2D eigenvalue weighted by atomic mass is 15.0. The Morgan fingerprint density at radius 2 is 0.841 bits per heavy atom. The second-order valence-corrected chi connectivity index (χ2v) is 15.1. The van der Waals surface area contributed by atoms with Crippen molar-refractivity contribution in [3.05, 3.63) is 261 Å². The molecule has 0 aliphatic carbocycles. The van der Waals surface area contributed by atoms with Crippen molar-refractivity contribution in [3.63, 3.8) is 0 Å². The molecule has 0 aliphatic rings. The topological polar surface area (TPSA) is 22.8 Å². The average molecular weight is 810 g/mol. The van der Waals surface area contributed by atoms with Gasteiger partial charge in [-0.25, -0.2) is 0 Å². The summed E-state index contributed by atoms with van der Waals surface area (Å²) in [6.07, 6.45) is 8.07. The molecule has 0 N–H and O–H groups in total. The Bertz CT molecular complexity index is 3290. The molecule has 0 atom stereocenters. The second-order valence-electron chi connectivity index (χ2n) is 15.1. The molecule has 0 spiro atoms. The lowest BCUT2D eigenvalue weighted by Gasteiger charge is -2.11. The first-order valence-corrected chi connectivity index (χ1v) is 21.4. The van der Waals surface area contributed by atoms with Crippen LogP contribution in [0.2, 0.25) is 0 Å². The van der Waals surface area contributed by atoms with Crippen LogP contribution < -0.4 is 0 Å². The van der Waals surface area contributed by atoms with Crippen molar-refractivity contribution in [3.8, 4) is 44.9 Å². The number of aromatic nitrogens is 3. The highest BCUT2D eigenvalue weighted by Crippen LogP contribution is 2.35. The Morgan fingerprint density at radius 1 is 0.397 bits per heavy atom. The molecule has 302 valence electrons. The largest absolute Gasteiger partial charge is 0.309 e. The number of nitrogens with zero attached hydrogens (tertiary/aromatic N) is 3. The summed E-state index contributed by atoms with van der Waals surface area (Å²) in [7, 11) is 0. The minimum Gasteiger partial charge on any atom is -0.309 e. The molecule has 0 radical (unpaired) electrons. The van der Waals surface area contributed by atoms with E-state index < -0.39 is 0 Å². The summed E-state index contributed by atoms with van der Waals surface area (Å²) in [5, 5.41) is 3.66. The van der Waals surface area contributed by atoms with E-state index in [1.807, 2.05) is 79.9 Å². The smallest absolute Gasteiger partial charge is 0.0702 e. The first-order valence-electron chi connectivity index (χ1n) is 21.4. The summed E-state index contributed by atoms with van der Waals surface area (Å²) in [6.45, 7) is 6.23. The van der Waals surface area contributed by atoms with Gasteiger partial charge in [-0.2, -0.15) is 0 Å². The monoisotopic (exact) mass is 809 g/mol. The van der Waals surface area contributed by atoms with E-state index in [1.165, 1.54) is 21.8 Å². The van der Waals surface area contributed by atoms with Crippen LogP contribution in [-0.2, 0) is 0 Å². The Labute approximate surface area is 369 Å². The minimum atomic E-state index is 0.841. The van der Waals surface area contributed by atoms with Crippen molar-refractivity contribution in [1.29, 1.82) is 0 Å². The van der Waals surface area contributed by atoms with Gasteiger partial charge in [0, 0.05) is 44.9 Å². The first kappa shape index (κ1) is 40.2. The zero-order chi connectivity index (χ0) is 42.8. The standard InChI is InChI=1S/C60H47N3/c1-3-25-57-52(4-2)53-33-16-19-37-58(53)62(57)50-31-14-12-10-8-6-5-7-9-11-13-15-36-56(61-41-40-50)49-30-23-28-47(43-49)45-26-22-27-46(42-45)48-29-24-32-51(44-48)63-59-38-20-17-34-54(59)55-35-18-21-39-60(55)63/h3-44H,2H2,1H3/b6-5?,7-5?,8-6?,9-7?,10-8?,11-9?,12-10?,13-11?,14-12?,15-13?,25-3-,31-14?,36-15?,41-40?,50-31?,50-40?,56-36?,61-41?,61-56?. The SMILES string of the molecule is C=Cc1c(/C=C\C)n(-c2cccccccccccccc(-c3cccc(-c4cccc(-c5cccc(-n6c7ccccc7c7ccccc76)c5)c4)c3)ncc2)c2ccccc12. The van der Waals surface area contributed by atoms with Crippen LogP contribution in [0.4, 0.5) is 0 Å². The molecule has 3 nitrogen and oxygen atoms in total. The molecule has 9 rings (SSSR count). The fourth-order valence-corrected chi connectivity index (χ4v) is 8.35. The van der Waals surface area contributed by atoms with Crippen molar-refractivity contribution >= 4 is 44.9 Å². The molecule has 0 bridgehead atoms. The number of benzene rings is 6. The van der Waals surface area contributed by atoms with E-state index >= 15 is 0 Å². The third kappa shape index (κ3) is 8.54. The zero-order valence-electron chi connectivity index (χ0n) is 35.3. The van der Waals surface area contributed by atoms with Crippen molar-refractivity contribution in [2.45, 2.75) is 6.92 Å². The number of hydrogen-bond acceptors (Lipinski definition) is 1. The number of fused-ring (bicyclic) bond motifs is 4. The molecule has 0 amide bonds. The van der Waals surface area contributed by atoms with Gasteiger partial charge in [-0.05, 0) is 95.9 Å². The van der Waals surface area contributed by atoms with Gasteiger partial charge in [-0.1, -0.05) is 189 Å². The van der Waals surface area contributed by atoms with Crippen LogP contribution in [0.15, 0.2) is 249 Å². The van der Waals surface area contributed by atoms with Gasteiger partial charge >= 0.3 is 0 Å². The van der Waals surface area contributed by atoms with Crippen LogP contribution in [0, 0.1) is 0 Å². The summed E-state index contributed by atoms with van der Waals surface area (Å²) in [5.41, 5.74) is 14.2. The van der Waals surface area contributed by atoms with Crippen LogP contribution in [0.3, 0.4) is 0 Å². The van der Waals surface area contributed by atoms with Crippen molar-refractivity contribution in [2.24, 2.45) is 0 Å². The number of rotatable bonds is 7. The predicted octanol–water partition coefficient (Wildman–Crippen LogP) is 16.2. The minimum absolute atomic E-state index is 0.841. The van der Waals surface area contributed by atoms with Crippen LogP contribution in [0.5, 0.6) is 0 Å². The van der Waals surface area contributed by atoms with Gasteiger partial charge in [-0.15, -0.1) is 0 Å². The maximum Gasteiger partial charge on any atom is 0.0702 e. The quantitative estimate of drug-likeness (QED) is 0.157. The molecule has 6 aromatic carbocycles.